The van der Waals surface area contributed by atoms with Crippen LogP contribution < -0.4 is 15.9 Å². The second-order valence-electron chi connectivity index (χ2n) is 8.09. The maximum absolute atomic E-state index is 12.9. The molecule has 0 atom stereocenters. The Hall–Kier alpha value is -4.00. The molecule has 0 spiro atoms. The Morgan fingerprint density at radius 3 is 2.88 bits per heavy atom. The van der Waals surface area contributed by atoms with Gasteiger partial charge in [-0.15, -0.1) is 5.10 Å². The quantitative estimate of drug-likeness (QED) is 0.323. The summed E-state index contributed by atoms with van der Waals surface area (Å²) in [5.74, 6) is 0.691. The first-order valence-electron chi connectivity index (χ1n) is 11.0. The SMILES string of the molecule is CCOc1cc(/C=N\NC(=O)c2nnn(-c3nonc3N)c2CN2CCC(C)CC2)ccc1O. The molecular formula is C21H27N9O4. The molecule has 4 rings (SSSR count). The number of phenolic OH excluding ortho intramolecular Hbond substituents is 1. The minimum Gasteiger partial charge on any atom is -0.504 e. The molecular weight excluding hydrogens is 442 g/mol. The molecule has 34 heavy (non-hydrogen) atoms. The Morgan fingerprint density at radius 1 is 1.38 bits per heavy atom. The lowest BCUT2D eigenvalue weighted by Crippen LogP contribution is -2.34. The van der Waals surface area contributed by atoms with Crippen LogP contribution in [0.5, 0.6) is 11.5 Å². The van der Waals surface area contributed by atoms with E-state index in [1.54, 1.807) is 12.1 Å². The van der Waals surface area contributed by atoms with Crippen LogP contribution in [-0.2, 0) is 6.54 Å². The molecule has 13 heteroatoms. The molecule has 0 radical (unpaired) electrons. The zero-order valence-electron chi connectivity index (χ0n) is 19.0. The largest absolute Gasteiger partial charge is 0.504 e. The number of likely N-dealkylation sites (tertiary alicyclic amines) is 1. The van der Waals surface area contributed by atoms with Gasteiger partial charge in [0.1, 0.15) is 0 Å². The molecule has 1 aliphatic heterocycles. The average Bonchev–Trinajstić information content (AvgIpc) is 3.43. The van der Waals surface area contributed by atoms with E-state index in [0.717, 1.165) is 25.9 Å². The molecule has 1 aliphatic rings. The number of hydrogen-bond acceptors (Lipinski definition) is 11. The highest BCUT2D eigenvalue weighted by molar-refractivity contribution is 5.94. The van der Waals surface area contributed by atoms with Gasteiger partial charge < -0.3 is 15.6 Å². The van der Waals surface area contributed by atoms with Gasteiger partial charge in [0.2, 0.25) is 11.6 Å². The van der Waals surface area contributed by atoms with Crippen molar-refractivity contribution in [3.05, 3.63) is 35.2 Å². The number of hydrazone groups is 1. The summed E-state index contributed by atoms with van der Waals surface area (Å²) in [6.07, 6.45) is 3.57. The number of carbonyl (C=O) groups excluding carboxylic acids is 1. The highest BCUT2D eigenvalue weighted by Crippen LogP contribution is 2.26. The number of nitrogens with zero attached hydrogens (tertiary/aromatic N) is 7. The number of rotatable bonds is 8. The van der Waals surface area contributed by atoms with E-state index in [-0.39, 0.29) is 23.1 Å². The van der Waals surface area contributed by atoms with Crippen molar-refractivity contribution in [2.45, 2.75) is 33.2 Å². The number of amides is 1. The van der Waals surface area contributed by atoms with Crippen LogP contribution >= 0.6 is 0 Å². The van der Waals surface area contributed by atoms with Crippen molar-refractivity contribution in [2.75, 3.05) is 25.4 Å². The van der Waals surface area contributed by atoms with Crippen molar-refractivity contribution in [3.63, 3.8) is 0 Å². The number of benzene rings is 1. The predicted molar refractivity (Wildman–Crippen MR) is 122 cm³/mol. The summed E-state index contributed by atoms with van der Waals surface area (Å²) in [6.45, 7) is 6.66. The maximum Gasteiger partial charge on any atom is 0.293 e. The van der Waals surface area contributed by atoms with Crippen LogP contribution in [0.2, 0.25) is 0 Å². The summed E-state index contributed by atoms with van der Waals surface area (Å²) in [5, 5.41) is 29.3. The van der Waals surface area contributed by atoms with Crippen LogP contribution in [0, 0.1) is 5.92 Å². The van der Waals surface area contributed by atoms with Crippen LogP contribution in [0.1, 0.15) is 48.4 Å². The van der Waals surface area contributed by atoms with Gasteiger partial charge in [0.05, 0.1) is 18.5 Å². The van der Waals surface area contributed by atoms with Crippen molar-refractivity contribution in [3.8, 4) is 17.3 Å². The fourth-order valence-electron chi connectivity index (χ4n) is 3.66. The van der Waals surface area contributed by atoms with Crippen molar-refractivity contribution in [2.24, 2.45) is 11.0 Å². The first-order chi connectivity index (χ1) is 16.5. The lowest BCUT2D eigenvalue weighted by Gasteiger charge is -2.30. The molecule has 0 unspecified atom stereocenters. The predicted octanol–water partition coefficient (Wildman–Crippen LogP) is 1.33. The average molecular weight is 470 g/mol. The van der Waals surface area contributed by atoms with E-state index in [1.807, 2.05) is 6.92 Å². The van der Waals surface area contributed by atoms with Crippen LogP contribution in [0.4, 0.5) is 5.82 Å². The number of ether oxygens (including phenoxy) is 1. The molecule has 1 aromatic carbocycles. The Morgan fingerprint density at radius 2 is 2.18 bits per heavy atom. The second kappa shape index (κ2) is 10.3. The zero-order valence-corrected chi connectivity index (χ0v) is 19.0. The molecule has 0 bridgehead atoms. The van der Waals surface area contributed by atoms with E-state index in [4.69, 9.17) is 15.1 Å². The van der Waals surface area contributed by atoms with Gasteiger partial charge in [0.15, 0.2) is 17.2 Å². The molecule has 3 heterocycles. The summed E-state index contributed by atoms with van der Waals surface area (Å²) in [5.41, 5.74) is 9.56. The highest BCUT2D eigenvalue weighted by Gasteiger charge is 2.26. The van der Waals surface area contributed by atoms with E-state index in [9.17, 15) is 9.90 Å². The van der Waals surface area contributed by atoms with Crippen molar-refractivity contribution in [1.82, 2.24) is 35.6 Å². The van der Waals surface area contributed by atoms with Crippen LogP contribution in [0.3, 0.4) is 0 Å². The standard InChI is InChI=1S/C21H27N9O4/c1-3-33-17-10-14(4-5-16(17)31)11-23-25-21(32)18-15(12-29-8-6-13(2)7-9-29)30(28-24-18)20-19(22)26-34-27-20/h4-5,10-11,13,31H,3,6-9,12H2,1-2H3,(H2,22,26)(H,25,32)/b23-11-. The number of aromatic nitrogens is 5. The molecule has 1 fully saturated rings. The van der Waals surface area contributed by atoms with Gasteiger partial charge in [-0.1, -0.05) is 12.1 Å². The summed E-state index contributed by atoms with van der Waals surface area (Å²) >= 11 is 0. The van der Waals surface area contributed by atoms with Crippen LogP contribution in [0.15, 0.2) is 27.9 Å². The summed E-state index contributed by atoms with van der Waals surface area (Å²) in [4.78, 5) is 15.2. The van der Waals surface area contributed by atoms with E-state index >= 15 is 0 Å². The number of carbonyl (C=O) groups is 1. The van der Waals surface area contributed by atoms with E-state index in [0.29, 0.717) is 36.1 Å². The van der Waals surface area contributed by atoms with Crippen LogP contribution in [-0.4, -0.2) is 67.1 Å². The number of aromatic hydroxyl groups is 1. The molecule has 1 amide bonds. The third-order valence-corrected chi connectivity index (χ3v) is 5.59. The fraction of sp³-hybridized carbons (Fsp3) is 0.429. The molecule has 0 saturated carbocycles. The van der Waals surface area contributed by atoms with Gasteiger partial charge in [-0.05, 0) is 72.8 Å². The number of phenols is 1. The van der Waals surface area contributed by atoms with E-state index < -0.39 is 5.91 Å². The smallest absolute Gasteiger partial charge is 0.293 e. The molecule has 180 valence electrons. The minimum absolute atomic E-state index is 0.0259. The number of nitrogens with two attached hydrogens (primary N) is 1. The Balaban J connectivity index is 1.54. The number of nitrogen functional groups attached to an aromatic ring is 1. The molecule has 4 N–H and O–H groups in total. The number of hydrogen-bond donors (Lipinski definition) is 3. The number of nitrogens with one attached hydrogen (secondary N) is 1. The Labute approximate surface area is 195 Å². The van der Waals surface area contributed by atoms with Crippen molar-refractivity contribution in [1.29, 1.82) is 0 Å². The summed E-state index contributed by atoms with van der Waals surface area (Å²) in [6, 6.07) is 4.76. The first-order valence-corrected chi connectivity index (χ1v) is 11.0. The van der Waals surface area contributed by atoms with E-state index in [2.05, 4.69) is 43.0 Å². The molecule has 1 saturated heterocycles. The second-order valence-corrected chi connectivity index (χ2v) is 8.09. The molecule has 2 aromatic heterocycles. The first kappa shape index (κ1) is 23.2. The number of piperidine rings is 1. The summed E-state index contributed by atoms with van der Waals surface area (Å²) in [7, 11) is 0. The Bertz CT molecular complexity index is 1160. The van der Waals surface area contributed by atoms with Gasteiger partial charge in [-0.2, -0.15) is 9.78 Å². The van der Waals surface area contributed by atoms with Crippen molar-refractivity contribution >= 4 is 17.9 Å². The monoisotopic (exact) mass is 469 g/mol. The minimum atomic E-state index is -0.540. The van der Waals surface area contributed by atoms with Gasteiger partial charge >= 0.3 is 0 Å². The highest BCUT2D eigenvalue weighted by atomic mass is 16.6. The van der Waals surface area contributed by atoms with Gasteiger partial charge in [-0.3, -0.25) is 9.69 Å². The molecule has 13 nitrogen and oxygen atoms in total. The molecule has 3 aromatic rings. The molecule has 0 aliphatic carbocycles. The number of anilines is 1. The lowest BCUT2D eigenvalue weighted by atomic mass is 9.99. The topological polar surface area (TPSA) is 170 Å². The van der Waals surface area contributed by atoms with Crippen LogP contribution in [0.25, 0.3) is 5.82 Å². The normalized spacial score (nSPS) is 15.1. The third kappa shape index (κ3) is 5.14. The fourth-order valence-corrected chi connectivity index (χ4v) is 3.66. The van der Waals surface area contributed by atoms with Gasteiger partial charge in [0.25, 0.3) is 5.91 Å². The van der Waals surface area contributed by atoms with Gasteiger partial charge in [0, 0.05) is 6.54 Å². The van der Waals surface area contributed by atoms with Gasteiger partial charge in [-0.25, -0.2) is 10.1 Å². The summed E-state index contributed by atoms with van der Waals surface area (Å²) < 4.78 is 11.4. The third-order valence-electron chi connectivity index (χ3n) is 5.59. The van der Waals surface area contributed by atoms with E-state index in [1.165, 1.54) is 17.0 Å². The Kier molecular flexibility index (Phi) is 7.01. The maximum atomic E-state index is 12.9. The van der Waals surface area contributed by atoms with Crippen molar-refractivity contribution < 1.29 is 19.3 Å². The zero-order chi connectivity index (χ0) is 24.1. The lowest BCUT2D eigenvalue weighted by molar-refractivity contribution is 0.0947.